The lowest BCUT2D eigenvalue weighted by Crippen LogP contribution is -2.29. The zero-order valence-corrected chi connectivity index (χ0v) is 13.5. The van der Waals surface area contributed by atoms with Crippen molar-refractivity contribution >= 4 is 22.3 Å². The Labute approximate surface area is 139 Å². The first-order valence-electron chi connectivity index (χ1n) is 8.15. The molecule has 0 unspecified atom stereocenters. The van der Waals surface area contributed by atoms with Crippen LogP contribution in [-0.2, 0) is 13.0 Å². The summed E-state index contributed by atoms with van der Waals surface area (Å²) in [5, 5.41) is 11.5. The van der Waals surface area contributed by atoms with E-state index in [1.165, 1.54) is 0 Å². The van der Waals surface area contributed by atoms with E-state index in [1.807, 2.05) is 48.5 Å². The Morgan fingerprint density at radius 3 is 2.71 bits per heavy atom. The molecule has 0 atom stereocenters. The highest BCUT2D eigenvalue weighted by molar-refractivity contribution is 6.06. The summed E-state index contributed by atoms with van der Waals surface area (Å²) in [6, 6.07) is 15.3. The second kappa shape index (κ2) is 5.64. The number of aryl methyl sites for hydroxylation is 2. The maximum absolute atomic E-state index is 13.0. The zero-order valence-electron chi connectivity index (χ0n) is 13.5. The van der Waals surface area contributed by atoms with Gasteiger partial charge in [-0.1, -0.05) is 30.3 Å². The van der Waals surface area contributed by atoms with E-state index in [0.29, 0.717) is 17.8 Å². The van der Waals surface area contributed by atoms with Crippen LogP contribution >= 0.6 is 0 Å². The SMILES string of the molecule is CC(=Nc1ccccc1)c1c(O)c2cccc3c2n(c1=O)CCC3. The number of aromatic nitrogens is 1. The highest BCUT2D eigenvalue weighted by Crippen LogP contribution is 2.32. The van der Waals surface area contributed by atoms with Crippen LogP contribution < -0.4 is 5.56 Å². The third-order valence-electron chi connectivity index (χ3n) is 4.58. The summed E-state index contributed by atoms with van der Waals surface area (Å²) < 4.78 is 1.78. The minimum atomic E-state index is -0.163. The van der Waals surface area contributed by atoms with Gasteiger partial charge in [0.15, 0.2) is 0 Å². The van der Waals surface area contributed by atoms with Gasteiger partial charge >= 0.3 is 0 Å². The van der Waals surface area contributed by atoms with Gasteiger partial charge in [-0.3, -0.25) is 9.79 Å². The lowest BCUT2D eigenvalue weighted by molar-refractivity contribution is 0.476. The Hall–Kier alpha value is -2.88. The molecule has 2 aromatic carbocycles. The van der Waals surface area contributed by atoms with E-state index in [9.17, 15) is 9.90 Å². The first-order chi connectivity index (χ1) is 11.7. The highest BCUT2D eigenvalue weighted by Gasteiger charge is 2.22. The Morgan fingerprint density at radius 1 is 1.12 bits per heavy atom. The van der Waals surface area contributed by atoms with Crippen LogP contribution in [0.15, 0.2) is 58.3 Å². The van der Waals surface area contributed by atoms with E-state index in [4.69, 9.17) is 0 Å². The van der Waals surface area contributed by atoms with Crippen LogP contribution in [0, 0.1) is 0 Å². The number of pyridine rings is 1. The van der Waals surface area contributed by atoms with Gasteiger partial charge in [0.25, 0.3) is 5.56 Å². The van der Waals surface area contributed by atoms with Crippen molar-refractivity contribution < 1.29 is 5.11 Å². The molecule has 4 nitrogen and oxygen atoms in total. The number of hydrogen-bond acceptors (Lipinski definition) is 3. The van der Waals surface area contributed by atoms with E-state index in [2.05, 4.69) is 4.99 Å². The van der Waals surface area contributed by atoms with Gasteiger partial charge in [0.1, 0.15) is 11.3 Å². The molecule has 1 aliphatic rings. The van der Waals surface area contributed by atoms with Crippen molar-refractivity contribution in [3.63, 3.8) is 0 Å². The third kappa shape index (κ3) is 2.22. The van der Waals surface area contributed by atoms with Crippen LogP contribution in [0.4, 0.5) is 5.69 Å². The predicted molar refractivity (Wildman–Crippen MR) is 96.5 cm³/mol. The minimum absolute atomic E-state index is 0.0344. The molecule has 4 rings (SSSR count). The van der Waals surface area contributed by atoms with Gasteiger partial charge in [0.2, 0.25) is 0 Å². The lowest BCUT2D eigenvalue weighted by atomic mass is 9.98. The van der Waals surface area contributed by atoms with Crippen molar-refractivity contribution in [3.05, 3.63) is 70.0 Å². The second-order valence-electron chi connectivity index (χ2n) is 6.13. The first kappa shape index (κ1) is 14.7. The van der Waals surface area contributed by atoms with Gasteiger partial charge in [-0.15, -0.1) is 0 Å². The van der Waals surface area contributed by atoms with E-state index in [0.717, 1.165) is 35.0 Å². The molecule has 3 aromatic rings. The van der Waals surface area contributed by atoms with E-state index < -0.39 is 0 Å². The average molecular weight is 318 g/mol. The predicted octanol–water partition coefficient (Wildman–Crippen LogP) is 3.79. The molecule has 2 heterocycles. The molecule has 1 N–H and O–H groups in total. The highest BCUT2D eigenvalue weighted by atomic mass is 16.3. The number of para-hydroxylation sites is 2. The maximum atomic E-state index is 13.0. The van der Waals surface area contributed by atoms with E-state index in [-0.39, 0.29) is 11.3 Å². The number of aromatic hydroxyl groups is 1. The van der Waals surface area contributed by atoms with Crippen molar-refractivity contribution in [1.82, 2.24) is 4.57 Å². The van der Waals surface area contributed by atoms with E-state index in [1.54, 1.807) is 11.5 Å². The molecule has 1 aliphatic heterocycles. The van der Waals surface area contributed by atoms with Crippen molar-refractivity contribution in [2.24, 2.45) is 4.99 Å². The molecule has 0 amide bonds. The molecule has 24 heavy (non-hydrogen) atoms. The molecule has 0 radical (unpaired) electrons. The molecule has 0 fully saturated rings. The topological polar surface area (TPSA) is 54.6 Å². The Morgan fingerprint density at radius 2 is 1.92 bits per heavy atom. The minimum Gasteiger partial charge on any atom is -0.506 e. The van der Waals surface area contributed by atoms with Crippen LogP contribution in [0.25, 0.3) is 10.9 Å². The standard InChI is InChI=1S/C20H18N2O2/c1-13(21-15-9-3-2-4-10-15)17-19(23)16-11-5-7-14-8-6-12-22(18(14)16)20(17)24/h2-5,7,9-11,23H,6,8,12H2,1H3. The molecule has 0 saturated carbocycles. The van der Waals surface area contributed by atoms with Gasteiger partial charge in [0.05, 0.1) is 16.9 Å². The van der Waals surface area contributed by atoms with Crippen molar-refractivity contribution in [2.45, 2.75) is 26.3 Å². The van der Waals surface area contributed by atoms with Gasteiger partial charge in [-0.05, 0) is 43.5 Å². The van der Waals surface area contributed by atoms with Gasteiger partial charge in [0, 0.05) is 11.9 Å². The Bertz CT molecular complexity index is 1020. The average Bonchev–Trinajstić information content (AvgIpc) is 2.60. The number of nitrogens with zero attached hydrogens (tertiary/aromatic N) is 2. The summed E-state index contributed by atoms with van der Waals surface area (Å²) in [4.78, 5) is 17.5. The van der Waals surface area contributed by atoms with Crippen LogP contribution in [0.2, 0.25) is 0 Å². The zero-order chi connectivity index (χ0) is 16.7. The largest absolute Gasteiger partial charge is 0.506 e. The van der Waals surface area contributed by atoms with Gasteiger partial charge in [-0.2, -0.15) is 0 Å². The lowest BCUT2D eigenvalue weighted by Gasteiger charge is -2.21. The third-order valence-corrected chi connectivity index (χ3v) is 4.58. The summed E-state index contributed by atoms with van der Waals surface area (Å²) >= 11 is 0. The van der Waals surface area contributed by atoms with Gasteiger partial charge in [-0.25, -0.2) is 0 Å². The summed E-state index contributed by atoms with van der Waals surface area (Å²) in [5.74, 6) is 0.0344. The van der Waals surface area contributed by atoms with Crippen molar-refractivity contribution in [1.29, 1.82) is 0 Å². The fraction of sp³-hybridized carbons (Fsp3) is 0.200. The molecule has 0 saturated heterocycles. The molecule has 0 spiro atoms. The second-order valence-corrected chi connectivity index (χ2v) is 6.13. The van der Waals surface area contributed by atoms with Gasteiger partial charge < -0.3 is 9.67 Å². The normalized spacial score (nSPS) is 14.1. The number of hydrogen-bond donors (Lipinski definition) is 1. The quantitative estimate of drug-likeness (QED) is 0.731. The smallest absolute Gasteiger partial charge is 0.263 e. The summed E-state index contributed by atoms with van der Waals surface area (Å²) in [6.45, 7) is 2.45. The summed E-state index contributed by atoms with van der Waals surface area (Å²) in [6.07, 6.45) is 1.87. The molecule has 4 heteroatoms. The fourth-order valence-corrected chi connectivity index (χ4v) is 3.49. The number of benzene rings is 2. The molecular formula is C20H18N2O2. The fourth-order valence-electron chi connectivity index (χ4n) is 3.49. The molecule has 120 valence electrons. The Balaban J connectivity index is 2.01. The number of rotatable bonds is 2. The summed E-state index contributed by atoms with van der Waals surface area (Å²) in [7, 11) is 0. The van der Waals surface area contributed by atoms with Crippen LogP contribution in [0.3, 0.4) is 0 Å². The monoisotopic (exact) mass is 318 g/mol. The van der Waals surface area contributed by atoms with Crippen molar-refractivity contribution in [2.75, 3.05) is 0 Å². The molecule has 1 aromatic heterocycles. The summed E-state index contributed by atoms with van der Waals surface area (Å²) in [5.41, 5.74) is 3.42. The maximum Gasteiger partial charge on any atom is 0.263 e. The van der Waals surface area contributed by atoms with Crippen molar-refractivity contribution in [3.8, 4) is 5.75 Å². The van der Waals surface area contributed by atoms with Crippen LogP contribution in [0.5, 0.6) is 5.75 Å². The molecule has 0 bridgehead atoms. The van der Waals surface area contributed by atoms with E-state index >= 15 is 0 Å². The Kier molecular flexibility index (Phi) is 3.45. The number of aliphatic imine (C=N–C) groups is 1. The van der Waals surface area contributed by atoms with Crippen LogP contribution in [-0.4, -0.2) is 15.4 Å². The molecular weight excluding hydrogens is 300 g/mol. The molecule has 0 aliphatic carbocycles. The van der Waals surface area contributed by atoms with Crippen LogP contribution in [0.1, 0.15) is 24.5 Å². The first-order valence-corrected chi connectivity index (χ1v) is 8.15.